The van der Waals surface area contributed by atoms with E-state index in [2.05, 4.69) is 14.7 Å². The van der Waals surface area contributed by atoms with Crippen molar-refractivity contribution in [3.63, 3.8) is 0 Å². The normalized spacial score (nSPS) is 11.2. The lowest BCUT2D eigenvalue weighted by atomic mass is 10.2. The van der Waals surface area contributed by atoms with Crippen LogP contribution in [0.25, 0.3) is 0 Å². The smallest absolute Gasteiger partial charge is 0.262 e. The molecular weight excluding hydrogens is 418 g/mol. The maximum Gasteiger partial charge on any atom is 0.262 e. The molecule has 1 aromatic heterocycles. The van der Waals surface area contributed by atoms with Gasteiger partial charge in [0.1, 0.15) is 12.3 Å². The Kier molecular flexibility index (Phi) is 6.43. The number of anilines is 1. The van der Waals surface area contributed by atoms with Gasteiger partial charge in [-0.15, -0.1) is 0 Å². The third-order valence-electron chi connectivity index (χ3n) is 3.78. The van der Waals surface area contributed by atoms with Crippen molar-refractivity contribution in [1.29, 1.82) is 0 Å². The summed E-state index contributed by atoms with van der Waals surface area (Å²) in [7, 11) is -3.88. The fourth-order valence-corrected chi connectivity index (χ4v) is 4.05. The van der Waals surface area contributed by atoms with E-state index in [-0.39, 0.29) is 28.2 Å². The molecule has 1 heterocycles. The van der Waals surface area contributed by atoms with Gasteiger partial charge in [-0.25, -0.2) is 13.4 Å². The van der Waals surface area contributed by atoms with E-state index >= 15 is 0 Å². The van der Waals surface area contributed by atoms with Gasteiger partial charge in [-0.1, -0.05) is 71.4 Å². The molecule has 28 heavy (non-hydrogen) atoms. The maximum absolute atomic E-state index is 12.8. The SMILES string of the molecule is CSc1nc(Cl)c(NS(=O)(=O)c2ccc(C)cc2)c(OCc2ccccc2)n1. The highest BCUT2D eigenvalue weighted by atomic mass is 35.5. The van der Waals surface area contributed by atoms with Crippen LogP contribution in [0.5, 0.6) is 5.88 Å². The van der Waals surface area contributed by atoms with E-state index < -0.39 is 10.0 Å². The molecule has 9 heteroatoms. The number of aryl methyl sites for hydroxylation is 1. The number of nitrogens with one attached hydrogen (secondary N) is 1. The summed E-state index contributed by atoms with van der Waals surface area (Å²) in [6.45, 7) is 2.09. The van der Waals surface area contributed by atoms with Crippen molar-refractivity contribution in [2.45, 2.75) is 23.6 Å². The summed E-state index contributed by atoms with van der Waals surface area (Å²) in [6.07, 6.45) is 1.79. The van der Waals surface area contributed by atoms with Crippen LogP contribution in [0.3, 0.4) is 0 Å². The fourth-order valence-electron chi connectivity index (χ4n) is 2.31. The summed E-state index contributed by atoms with van der Waals surface area (Å²) in [5.41, 5.74) is 1.88. The van der Waals surface area contributed by atoms with Crippen LogP contribution in [0.2, 0.25) is 5.15 Å². The van der Waals surface area contributed by atoms with Gasteiger partial charge in [0, 0.05) is 0 Å². The molecule has 0 aliphatic rings. The maximum atomic E-state index is 12.8. The summed E-state index contributed by atoms with van der Waals surface area (Å²) < 4.78 is 33.8. The first-order valence-electron chi connectivity index (χ1n) is 8.27. The Morgan fingerprint density at radius 2 is 1.75 bits per heavy atom. The van der Waals surface area contributed by atoms with Gasteiger partial charge in [0.05, 0.1) is 4.90 Å². The van der Waals surface area contributed by atoms with E-state index in [1.807, 2.05) is 37.3 Å². The minimum atomic E-state index is -3.88. The van der Waals surface area contributed by atoms with Crippen molar-refractivity contribution in [1.82, 2.24) is 9.97 Å². The lowest BCUT2D eigenvalue weighted by Gasteiger charge is -2.15. The highest BCUT2D eigenvalue weighted by molar-refractivity contribution is 7.98. The largest absolute Gasteiger partial charge is 0.471 e. The van der Waals surface area contributed by atoms with Crippen molar-refractivity contribution in [2.75, 3.05) is 11.0 Å². The van der Waals surface area contributed by atoms with E-state index in [4.69, 9.17) is 16.3 Å². The number of aromatic nitrogens is 2. The Morgan fingerprint density at radius 1 is 1.07 bits per heavy atom. The molecule has 3 rings (SSSR count). The van der Waals surface area contributed by atoms with Crippen LogP contribution in [0.4, 0.5) is 5.69 Å². The van der Waals surface area contributed by atoms with Crippen LogP contribution in [0.15, 0.2) is 64.6 Å². The summed E-state index contributed by atoms with van der Waals surface area (Å²) in [5.74, 6) is 0.0730. The number of hydrogen-bond donors (Lipinski definition) is 1. The van der Waals surface area contributed by atoms with Crippen molar-refractivity contribution in [2.24, 2.45) is 0 Å². The van der Waals surface area contributed by atoms with Crippen molar-refractivity contribution in [3.8, 4) is 5.88 Å². The number of rotatable bonds is 7. The quantitative estimate of drug-likeness (QED) is 0.333. The van der Waals surface area contributed by atoms with Gasteiger partial charge >= 0.3 is 0 Å². The van der Waals surface area contributed by atoms with Crippen LogP contribution in [0.1, 0.15) is 11.1 Å². The number of nitrogens with zero attached hydrogens (tertiary/aromatic N) is 2. The lowest BCUT2D eigenvalue weighted by molar-refractivity contribution is 0.292. The predicted molar refractivity (Wildman–Crippen MR) is 112 cm³/mol. The molecule has 0 bridgehead atoms. The van der Waals surface area contributed by atoms with Gasteiger partial charge in [0.15, 0.2) is 10.3 Å². The van der Waals surface area contributed by atoms with Gasteiger partial charge in [-0.3, -0.25) is 4.72 Å². The van der Waals surface area contributed by atoms with E-state index in [0.29, 0.717) is 5.16 Å². The van der Waals surface area contributed by atoms with Crippen LogP contribution in [0, 0.1) is 6.92 Å². The number of thioether (sulfide) groups is 1. The fraction of sp³-hybridized carbons (Fsp3) is 0.158. The summed E-state index contributed by atoms with van der Waals surface area (Å²) in [6, 6.07) is 16.0. The van der Waals surface area contributed by atoms with Gasteiger partial charge in [0.2, 0.25) is 5.88 Å². The van der Waals surface area contributed by atoms with Crippen LogP contribution in [-0.4, -0.2) is 24.6 Å². The van der Waals surface area contributed by atoms with Crippen molar-refractivity contribution >= 4 is 39.1 Å². The zero-order valence-electron chi connectivity index (χ0n) is 15.2. The van der Waals surface area contributed by atoms with Gasteiger partial charge in [-0.05, 0) is 30.9 Å². The second kappa shape index (κ2) is 8.81. The summed E-state index contributed by atoms with van der Waals surface area (Å²) in [5, 5.41) is 0.351. The predicted octanol–water partition coefficient (Wildman–Crippen LogP) is 4.54. The minimum Gasteiger partial charge on any atom is -0.471 e. The molecule has 0 saturated heterocycles. The molecule has 0 aliphatic heterocycles. The average molecular weight is 436 g/mol. The van der Waals surface area contributed by atoms with Gasteiger partial charge < -0.3 is 4.74 Å². The topological polar surface area (TPSA) is 81.2 Å². The van der Waals surface area contributed by atoms with Crippen molar-refractivity contribution < 1.29 is 13.2 Å². The lowest BCUT2D eigenvalue weighted by Crippen LogP contribution is -2.15. The molecule has 0 atom stereocenters. The molecule has 2 aromatic carbocycles. The van der Waals surface area contributed by atoms with Crippen LogP contribution < -0.4 is 9.46 Å². The Bertz CT molecular complexity index is 1060. The molecule has 1 N–H and O–H groups in total. The Balaban J connectivity index is 1.93. The molecule has 146 valence electrons. The van der Waals surface area contributed by atoms with Crippen LogP contribution in [-0.2, 0) is 16.6 Å². The molecule has 0 saturated carbocycles. The Hall–Kier alpha value is -2.29. The third kappa shape index (κ3) is 4.95. The summed E-state index contributed by atoms with van der Waals surface area (Å²) in [4.78, 5) is 8.50. The second-order valence-corrected chi connectivity index (χ2v) is 8.69. The van der Waals surface area contributed by atoms with Gasteiger partial charge in [0.25, 0.3) is 10.0 Å². The molecule has 6 nitrogen and oxygen atoms in total. The first kappa shape index (κ1) is 20.4. The molecule has 0 aliphatic carbocycles. The molecule has 0 unspecified atom stereocenters. The minimum absolute atomic E-state index is 0.0102. The Morgan fingerprint density at radius 3 is 2.39 bits per heavy atom. The first-order valence-corrected chi connectivity index (χ1v) is 11.4. The summed E-state index contributed by atoms with van der Waals surface area (Å²) >= 11 is 7.52. The molecule has 0 spiro atoms. The van der Waals surface area contributed by atoms with Gasteiger partial charge in [-0.2, -0.15) is 4.98 Å². The highest BCUT2D eigenvalue weighted by Crippen LogP contribution is 2.33. The van der Waals surface area contributed by atoms with Crippen molar-refractivity contribution in [3.05, 3.63) is 70.9 Å². The molecule has 0 fully saturated rings. The van der Waals surface area contributed by atoms with Crippen LogP contribution >= 0.6 is 23.4 Å². The number of halogens is 1. The third-order valence-corrected chi connectivity index (χ3v) is 5.97. The van der Waals surface area contributed by atoms with E-state index in [1.165, 1.54) is 23.9 Å². The molecule has 0 amide bonds. The Labute approximate surface area is 173 Å². The molecule has 3 aromatic rings. The first-order chi connectivity index (χ1) is 13.4. The van der Waals surface area contributed by atoms with E-state index in [0.717, 1.165) is 11.1 Å². The number of hydrogen-bond acceptors (Lipinski definition) is 6. The highest BCUT2D eigenvalue weighted by Gasteiger charge is 2.22. The molecule has 0 radical (unpaired) electrons. The second-order valence-electron chi connectivity index (χ2n) is 5.87. The van der Waals surface area contributed by atoms with E-state index in [9.17, 15) is 8.42 Å². The number of ether oxygens (including phenoxy) is 1. The standard InChI is InChI=1S/C19H18ClN3O3S2/c1-13-8-10-15(11-9-13)28(24,25)23-16-17(20)21-19(27-2)22-18(16)26-12-14-6-4-3-5-7-14/h3-11,23H,12H2,1-2H3. The van der Waals surface area contributed by atoms with E-state index in [1.54, 1.807) is 18.4 Å². The average Bonchev–Trinajstić information content (AvgIpc) is 2.69. The zero-order chi connectivity index (χ0) is 20.1. The monoisotopic (exact) mass is 435 g/mol. The molecular formula is C19H18ClN3O3S2. The zero-order valence-corrected chi connectivity index (χ0v) is 17.6. The number of benzene rings is 2. The number of sulfonamides is 1.